The minimum Gasteiger partial charge on any atom is -0.298 e. The Morgan fingerprint density at radius 1 is 1.50 bits per heavy atom. The zero-order valence-electron chi connectivity index (χ0n) is 10.9. The van der Waals surface area contributed by atoms with Gasteiger partial charge in [-0.05, 0) is 32.9 Å². The van der Waals surface area contributed by atoms with Gasteiger partial charge in [-0.3, -0.25) is 19.8 Å². The fraction of sp³-hybridized carbons (Fsp3) is 0.538. The number of hydrogen-bond donors (Lipinski definition) is 1. The van der Waals surface area contributed by atoms with Gasteiger partial charge < -0.3 is 0 Å². The average Bonchev–Trinajstić information content (AvgIpc) is 2.85. The normalized spacial score (nSPS) is 21.7. The molecular weight excluding hydrogens is 248 g/mol. The van der Waals surface area contributed by atoms with Crippen LogP contribution in [0.2, 0.25) is 0 Å². The second-order valence-electron chi connectivity index (χ2n) is 4.57. The predicted octanol–water partition coefficient (Wildman–Crippen LogP) is 1.85. The maximum Gasteiger partial charge on any atom is 0.246 e. The zero-order chi connectivity index (χ0) is 13.3. The van der Waals surface area contributed by atoms with Gasteiger partial charge in [-0.15, -0.1) is 11.3 Å². The van der Waals surface area contributed by atoms with E-state index >= 15 is 0 Å². The van der Waals surface area contributed by atoms with Gasteiger partial charge >= 0.3 is 0 Å². The molecule has 2 heterocycles. The first-order valence-electron chi connectivity index (χ1n) is 6.19. The maximum atomic E-state index is 12.0. The number of carbonyl (C=O) groups excluding carboxylic acids is 2. The molecule has 2 amide bonds. The molecule has 0 radical (unpaired) electrons. The van der Waals surface area contributed by atoms with Gasteiger partial charge in [-0.1, -0.05) is 0 Å². The molecule has 0 aromatic carbocycles. The van der Waals surface area contributed by atoms with Crippen LogP contribution in [-0.2, 0) is 9.59 Å². The third-order valence-corrected chi connectivity index (χ3v) is 4.38. The molecule has 2 unspecified atom stereocenters. The van der Waals surface area contributed by atoms with Gasteiger partial charge in [0.25, 0.3) is 0 Å². The molecular formula is C13H18N2O2S. The molecule has 2 rings (SSSR count). The van der Waals surface area contributed by atoms with Crippen molar-refractivity contribution in [1.29, 1.82) is 0 Å². The van der Waals surface area contributed by atoms with Crippen LogP contribution in [0.15, 0.2) is 12.1 Å². The smallest absolute Gasteiger partial charge is 0.246 e. The number of likely N-dealkylation sites (N-methyl/N-ethyl adjacent to an activating group) is 1. The summed E-state index contributed by atoms with van der Waals surface area (Å²) in [5.41, 5.74) is 0. The molecule has 1 fully saturated rings. The molecule has 2 atom stereocenters. The number of carbonyl (C=O) groups is 2. The van der Waals surface area contributed by atoms with E-state index in [2.05, 4.69) is 24.4 Å². The lowest BCUT2D eigenvalue weighted by Gasteiger charge is -2.17. The van der Waals surface area contributed by atoms with Crippen LogP contribution >= 0.6 is 11.3 Å². The number of hydrogen-bond acceptors (Lipinski definition) is 4. The first kappa shape index (κ1) is 13.2. The summed E-state index contributed by atoms with van der Waals surface area (Å²) in [4.78, 5) is 27.4. The first-order valence-corrected chi connectivity index (χ1v) is 7.01. The molecule has 0 bridgehead atoms. The molecule has 1 aromatic heterocycles. The summed E-state index contributed by atoms with van der Waals surface area (Å²) in [7, 11) is 0. The van der Waals surface area contributed by atoms with Crippen molar-refractivity contribution in [2.45, 2.75) is 39.3 Å². The van der Waals surface area contributed by atoms with E-state index in [4.69, 9.17) is 0 Å². The number of aryl methyl sites for hydroxylation is 1. The van der Waals surface area contributed by atoms with Gasteiger partial charge in [-0.25, -0.2) is 0 Å². The van der Waals surface area contributed by atoms with Crippen LogP contribution in [0.25, 0.3) is 0 Å². The van der Waals surface area contributed by atoms with Crippen molar-refractivity contribution in [2.75, 3.05) is 6.54 Å². The average molecular weight is 266 g/mol. The second-order valence-corrected chi connectivity index (χ2v) is 5.89. The Labute approximate surface area is 111 Å². The molecule has 1 saturated heterocycles. The fourth-order valence-electron chi connectivity index (χ4n) is 2.22. The summed E-state index contributed by atoms with van der Waals surface area (Å²) in [6.07, 6.45) is 0.279. The van der Waals surface area contributed by atoms with Crippen LogP contribution in [0.1, 0.15) is 36.1 Å². The molecule has 0 aliphatic carbocycles. The number of rotatable bonds is 4. The van der Waals surface area contributed by atoms with Crippen LogP contribution in [-0.4, -0.2) is 29.3 Å². The van der Waals surface area contributed by atoms with Gasteiger partial charge in [0, 0.05) is 22.3 Å². The van der Waals surface area contributed by atoms with Crippen molar-refractivity contribution in [1.82, 2.24) is 10.2 Å². The third-order valence-electron chi connectivity index (χ3n) is 3.20. The van der Waals surface area contributed by atoms with Crippen LogP contribution < -0.4 is 5.32 Å². The standard InChI is InChI=1S/C13H18N2O2S/c1-4-15-12(16)7-10(13(15)17)14-9(3)11-6-5-8(2)18-11/h5-6,9-10,14H,4,7H2,1-3H3. The van der Waals surface area contributed by atoms with Gasteiger partial charge in [0.1, 0.15) is 0 Å². The lowest BCUT2D eigenvalue weighted by molar-refractivity contribution is -0.138. The largest absolute Gasteiger partial charge is 0.298 e. The van der Waals surface area contributed by atoms with E-state index in [1.807, 2.05) is 13.8 Å². The summed E-state index contributed by atoms with van der Waals surface area (Å²) in [6, 6.07) is 3.87. The summed E-state index contributed by atoms with van der Waals surface area (Å²) in [6.45, 7) is 6.37. The van der Waals surface area contributed by atoms with Crippen molar-refractivity contribution in [2.24, 2.45) is 0 Å². The molecule has 1 aliphatic rings. The Balaban J connectivity index is 2.02. The van der Waals surface area contributed by atoms with Crippen molar-refractivity contribution < 1.29 is 9.59 Å². The van der Waals surface area contributed by atoms with E-state index < -0.39 is 0 Å². The van der Waals surface area contributed by atoms with Crippen LogP contribution in [0.5, 0.6) is 0 Å². The Morgan fingerprint density at radius 2 is 2.22 bits per heavy atom. The molecule has 5 heteroatoms. The Hall–Kier alpha value is -1.20. The quantitative estimate of drug-likeness (QED) is 0.846. The highest BCUT2D eigenvalue weighted by Crippen LogP contribution is 2.24. The van der Waals surface area contributed by atoms with Crippen molar-refractivity contribution in [3.63, 3.8) is 0 Å². The second kappa shape index (κ2) is 5.20. The summed E-state index contributed by atoms with van der Waals surface area (Å²) in [5, 5.41) is 3.25. The number of nitrogens with one attached hydrogen (secondary N) is 1. The first-order chi connectivity index (χ1) is 8.52. The third kappa shape index (κ3) is 2.47. The predicted molar refractivity (Wildman–Crippen MR) is 71.4 cm³/mol. The molecule has 1 N–H and O–H groups in total. The van der Waals surface area contributed by atoms with Crippen molar-refractivity contribution in [3.05, 3.63) is 21.9 Å². The van der Waals surface area contributed by atoms with E-state index in [9.17, 15) is 9.59 Å². The number of imide groups is 1. The molecule has 0 spiro atoms. The molecule has 1 aliphatic heterocycles. The summed E-state index contributed by atoms with van der Waals surface area (Å²) >= 11 is 1.72. The van der Waals surface area contributed by atoms with Gasteiger partial charge in [-0.2, -0.15) is 0 Å². The lowest BCUT2D eigenvalue weighted by atomic mass is 10.2. The van der Waals surface area contributed by atoms with E-state index in [0.29, 0.717) is 6.54 Å². The Morgan fingerprint density at radius 3 is 2.72 bits per heavy atom. The fourth-order valence-corrected chi connectivity index (χ4v) is 3.10. The van der Waals surface area contributed by atoms with E-state index in [-0.39, 0.29) is 30.3 Å². The monoisotopic (exact) mass is 266 g/mol. The molecule has 98 valence electrons. The highest BCUT2D eigenvalue weighted by atomic mass is 32.1. The topological polar surface area (TPSA) is 49.4 Å². The van der Waals surface area contributed by atoms with E-state index in [0.717, 1.165) is 0 Å². The summed E-state index contributed by atoms with van der Waals surface area (Å²) in [5.74, 6) is -0.169. The number of likely N-dealkylation sites (tertiary alicyclic amines) is 1. The number of nitrogens with zero attached hydrogens (tertiary/aromatic N) is 1. The molecule has 1 aromatic rings. The minimum absolute atomic E-state index is 0.0745. The SMILES string of the molecule is CCN1C(=O)CC(NC(C)c2ccc(C)s2)C1=O. The van der Waals surface area contributed by atoms with Gasteiger partial charge in [0.05, 0.1) is 12.5 Å². The summed E-state index contributed by atoms with van der Waals surface area (Å²) < 4.78 is 0. The van der Waals surface area contributed by atoms with Crippen LogP contribution in [0, 0.1) is 6.92 Å². The number of thiophene rings is 1. The number of amides is 2. The van der Waals surface area contributed by atoms with Crippen LogP contribution in [0.4, 0.5) is 0 Å². The zero-order valence-corrected chi connectivity index (χ0v) is 11.7. The highest BCUT2D eigenvalue weighted by molar-refractivity contribution is 7.12. The van der Waals surface area contributed by atoms with E-state index in [1.54, 1.807) is 11.3 Å². The molecule has 4 nitrogen and oxygen atoms in total. The Kier molecular flexibility index (Phi) is 3.82. The molecule has 18 heavy (non-hydrogen) atoms. The minimum atomic E-state index is -0.366. The van der Waals surface area contributed by atoms with E-state index in [1.165, 1.54) is 14.7 Å². The lowest BCUT2D eigenvalue weighted by Crippen LogP contribution is -2.39. The highest BCUT2D eigenvalue weighted by Gasteiger charge is 2.38. The molecule has 0 saturated carbocycles. The van der Waals surface area contributed by atoms with Crippen LogP contribution in [0.3, 0.4) is 0 Å². The van der Waals surface area contributed by atoms with Crippen molar-refractivity contribution >= 4 is 23.2 Å². The maximum absolute atomic E-state index is 12.0. The van der Waals surface area contributed by atoms with Gasteiger partial charge in [0.15, 0.2) is 0 Å². The van der Waals surface area contributed by atoms with Crippen molar-refractivity contribution in [3.8, 4) is 0 Å². The van der Waals surface area contributed by atoms with Gasteiger partial charge in [0.2, 0.25) is 11.8 Å². The Bertz CT molecular complexity index is 469.